The summed E-state index contributed by atoms with van der Waals surface area (Å²) >= 11 is 0. The lowest BCUT2D eigenvalue weighted by Crippen LogP contribution is -2.35. The molecule has 0 amide bonds. The molecule has 0 unspecified atom stereocenters. The van der Waals surface area contributed by atoms with E-state index in [0.717, 1.165) is 31.2 Å². The van der Waals surface area contributed by atoms with Crippen molar-refractivity contribution >= 4 is 18.6 Å². The molecule has 0 radical (unpaired) electrons. The van der Waals surface area contributed by atoms with Crippen LogP contribution in [0.1, 0.15) is 37.8 Å². The van der Waals surface area contributed by atoms with Crippen LogP contribution in [0.5, 0.6) is 0 Å². The van der Waals surface area contributed by atoms with Gasteiger partial charge >= 0.3 is 7.60 Å². The first-order chi connectivity index (χ1) is 10.2. The fourth-order valence-electron chi connectivity index (χ4n) is 3.47. The maximum Gasteiger partial charge on any atom is 0.361 e. The molecule has 0 saturated carbocycles. The minimum atomic E-state index is -3.17. The van der Waals surface area contributed by atoms with Crippen molar-refractivity contribution in [2.45, 2.75) is 39.5 Å². The molecule has 116 valence electrons. The van der Waals surface area contributed by atoms with Gasteiger partial charge in [-0.05, 0) is 62.8 Å². The van der Waals surface area contributed by atoms with Gasteiger partial charge in [0.1, 0.15) is 0 Å². The maximum atomic E-state index is 13.0. The van der Waals surface area contributed by atoms with Crippen LogP contribution >= 0.6 is 7.60 Å². The van der Waals surface area contributed by atoms with Crippen molar-refractivity contribution < 1.29 is 13.6 Å². The summed E-state index contributed by atoms with van der Waals surface area (Å²) in [5.41, 5.74) is 4.01. The van der Waals surface area contributed by atoms with Crippen LogP contribution in [0.2, 0.25) is 0 Å². The molecule has 0 bridgehead atoms. The molecule has 0 N–H and O–H groups in total. The van der Waals surface area contributed by atoms with Crippen molar-refractivity contribution in [3.05, 3.63) is 23.3 Å². The first-order valence-electron chi connectivity index (χ1n) is 7.98. The molecule has 0 aliphatic carbocycles. The minimum Gasteiger partial charge on any atom is -0.371 e. The predicted octanol–water partition coefficient (Wildman–Crippen LogP) is 3.28. The molecule has 2 aliphatic heterocycles. The van der Waals surface area contributed by atoms with E-state index in [1.807, 2.05) is 13.8 Å². The Hall–Kier alpha value is -0.830. The van der Waals surface area contributed by atoms with E-state index in [1.54, 1.807) is 0 Å². The number of hydrogen-bond acceptors (Lipinski definition) is 4. The van der Waals surface area contributed by atoms with Crippen molar-refractivity contribution in [1.29, 1.82) is 0 Å². The van der Waals surface area contributed by atoms with Crippen LogP contribution in [0.3, 0.4) is 0 Å². The third-order valence-electron chi connectivity index (χ3n) is 4.23. The monoisotopic (exact) mass is 309 g/mol. The second-order valence-corrected chi connectivity index (χ2v) is 7.67. The zero-order valence-corrected chi connectivity index (χ0v) is 13.8. The van der Waals surface area contributed by atoms with Gasteiger partial charge in [0, 0.05) is 18.8 Å². The highest BCUT2D eigenvalue weighted by Gasteiger charge is 2.31. The molecule has 0 fully saturated rings. The van der Waals surface area contributed by atoms with Crippen molar-refractivity contribution in [1.82, 2.24) is 0 Å². The smallest absolute Gasteiger partial charge is 0.361 e. The summed E-state index contributed by atoms with van der Waals surface area (Å²) in [5.74, 6) is 0. The number of nitrogens with zero attached hydrogens (tertiary/aromatic N) is 1. The summed E-state index contributed by atoms with van der Waals surface area (Å²) in [4.78, 5) is 2.48. The van der Waals surface area contributed by atoms with Crippen LogP contribution in [0.25, 0.3) is 0 Å². The average Bonchev–Trinajstić information content (AvgIpc) is 2.48. The molecule has 4 nitrogen and oxygen atoms in total. The second kappa shape index (κ2) is 6.12. The van der Waals surface area contributed by atoms with Crippen LogP contribution in [-0.4, -0.2) is 26.3 Å². The van der Waals surface area contributed by atoms with Gasteiger partial charge in [0.15, 0.2) is 0 Å². The quantitative estimate of drug-likeness (QED) is 0.783. The summed E-state index contributed by atoms with van der Waals surface area (Å²) in [5, 5.41) is 0.740. The van der Waals surface area contributed by atoms with E-state index in [0.29, 0.717) is 13.2 Å². The van der Waals surface area contributed by atoms with E-state index >= 15 is 0 Å². The maximum absolute atomic E-state index is 13.0. The molecule has 1 aromatic rings. The Bertz CT molecular complexity index is 532. The van der Waals surface area contributed by atoms with Gasteiger partial charge in [-0.25, -0.2) is 0 Å². The molecule has 5 heteroatoms. The molecule has 0 aromatic heterocycles. The van der Waals surface area contributed by atoms with Gasteiger partial charge in [-0.2, -0.15) is 0 Å². The minimum absolute atomic E-state index is 0.399. The average molecular weight is 309 g/mol. The van der Waals surface area contributed by atoms with E-state index in [2.05, 4.69) is 17.0 Å². The van der Waals surface area contributed by atoms with Gasteiger partial charge in [-0.1, -0.05) is 0 Å². The number of aryl methyl sites for hydroxylation is 2. The normalized spacial score (nSPS) is 17.7. The summed E-state index contributed by atoms with van der Waals surface area (Å²) < 4.78 is 24.0. The Kier molecular flexibility index (Phi) is 4.39. The standard InChI is InChI=1S/C16H24NO3P/c1-3-19-21(18,20-4-2)15-11-13-7-5-9-17-10-6-8-14(12-15)16(13)17/h11-12H,3-10H2,1-2H3. The molecule has 3 rings (SSSR count). The summed E-state index contributed by atoms with van der Waals surface area (Å²) in [6, 6.07) is 4.12. The molecule has 0 atom stereocenters. The fourth-order valence-corrected chi connectivity index (χ4v) is 5.15. The first kappa shape index (κ1) is 15.1. The van der Waals surface area contributed by atoms with Crippen LogP contribution in [0, 0.1) is 0 Å². The van der Waals surface area contributed by atoms with Gasteiger partial charge < -0.3 is 13.9 Å². The van der Waals surface area contributed by atoms with E-state index in [9.17, 15) is 4.57 Å². The fraction of sp³-hybridized carbons (Fsp3) is 0.625. The Morgan fingerprint density at radius 1 is 1.05 bits per heavy atom. The molecule has 2 aliphatic rings. The van der Waals surface area contributed by atoms with Gasteiger partial charge in [0.05, 0.1) is 18.5 Å². The number of benzene rings is 1. The summed E-state index contributed by atoms with van der Waals surface area (Å²) in [6.45, 7) is 6.80. The van der Waals surface area contributed by atoms with E-state index < -0.39 is 7.60 Å². The van der Waals surface area contributed by atoms with Gasteiger partial charge in [0.25, 0.3) is 0 Å². The van der Waals surface area contributed by atoms with Crippen LogP contribution in [-0.2, 0) is 26.5 Å². The lowest BCUT2D eigenvalue weighted by Gasteiger charge is -2.37. The second-order valence-electron chi connectivity index (χ2n) is 5.64. The van der Waals surface area contributed by atoms with Gasteiger partial charge in [-0.3, -0.25) is 4.57 Å². The number of hydrogen-bond donors (Lipinski definition) is 0. The predicted molar refractivity (Wildman–Crippen MR) is 85.8 cm³/mol. The summed E-state index contributed by atoms with van der Waals surface area (Å²) in [7, 11) is -3.17. The Balaban J connectivity index is 2.06. The Morgan fingerprint density at radius 2 is 1.57 bits per heavy atom. The highest BCUT2D eigenvalue weighted by Crippen LogP contribution is 2.48. The topological polar surface area (TPSA) is 38.8 Å². The Morgan fingerprint density at radius 3 is 2.05 bits per heavy atom. The molecule has 0 saturated heterocycles. The zero-order valence-electron chi connectivity index (χ0n) is 12.9. The van der Waals surface area contributed by atoms with E-state index in [-0.39, 0.29) is 0 Å². The van der Waals surface area contributed by atoms with Crippen LogP contribution < -0.4 is 10.2 Å². The lowest BCUT2D eigenvalue weighted by atomic mass is 9.92. The van der Waals surface area contributed by atoms with Crippen molar-refractivity contribution in [3.63, 3.8) is 0 Å². The van der Waals surface area contributed by atoms with Crippen LogP contribution in [0.4, 0.5) is 5.69 Å². The van der Waals surface area contributed by atoms with Crippen molar-refractivity contribution in [2.75, 3.05) is 31.2 Å². The third kappa shape index (κ3) is 2.77. The molecule has 1 aromatic carbocycles. The zero-order chi connectivity index (χ0) is 14.9. The summed E-state index contributed by atoms with van der Waals surface area (Å²) in [6.07, 6.45) is 4.46. The molecule has 2 heterocycles. The molecule has 0 spiro atoms. The Labute approximate surface area is 127 Å². The van der Waals surface area contributed by atoms with Gasteiger partial charge in [0.2, 0.25) is 0 Å². The highest BCUT2D eigenvalue weighted by atomic mass is 31.2. The first-order valence-corrected chi connectivity index (χ1v) is 9.52. The lowest BCUT2D eigenvalue weighted by molar-refractivity contribution is 0.230. The highest BCUT2D eigenvalue weighted by molar-refractivity contribution is 7.62. The van der Waals surface area contributed by atoms with Crippen LogP contribution in [0.15, 0.2) is 12.1 Å². The SMILES string of the molecule is CCOP(=O)(OCC)c1cc2c3c(c1)CCCN3CCC2. The van der Waals surface area contributed by atoms with Crippen molar-refractivity contribution in [3.8, 4) is 0 Å². The molecular weight excluding hydrogens is 285 g/mol. The number of rotatable bonds is 5. The third-order valence-corrected chi connectivity index (χ3v) is 6.32. The molecule has 21 heavy (non-hydrogen) atoms. The van der Waals surface area contributed by atoms with E-state index in [1.165, 1.54) is 29.7 Å². The van der Waals surface area contributed by atoms with E-state index in [4.69, 9.17) is 9.05 Å². The van der Waals surface area contributed by atoms with Crippen molar-refractivity contribution in [2.24, 2.45) is 0 Å². The van der Waals surface area contributed by atoms with Gasteiger partial charge in [-0.15, -0.1) is 0 Å². The largest absolute Gasteiger partial charge is 0.371 e. The number of anilines is 1. The molecular formula is C16H24NO3P.